The Bertz CT molecular complexity index is 443. The Morgan fingerprint density at radius 2 is 2.00 bits per heavy atom. The van der Waals surface area contributed by atoms with Gasteiger partial charge < -0.3 is 4.90 Å². The van der Waals surface area contributed by atoms with Crippen molar-refractivity contribution in [1.29, 1.82) is 0 Å². The molecule has 2 fully saturated rings. The Morgan fingerprint density at radius 1 is 1.15 bits per heavy atom. The third kappa shape index (κ3) is 2.71. The second-order valence-electron chi connectivity index (χ2n) is 6.52. The molecule has 0 amide bonds. The van der Waals surface area contributed by atoms with Crippen LogP contribution in [0.5, 0.6) is 0 Å². The zero-order chi connectivity index (χ0) is 13.9. The number of rotatable bonds is 3. The second-order valence-corrected chi connectivity index (χ2v) is 6.52. The molecule has 3 rings (SSSR count). The minimum absolute atomic E-state index is 0.641. The van der Waals surface area contributed by atoms with Crippen molar-refractivity contribution in [3.8, 4) is 0 Å². The zero-order valence-electron chi connectivity index (χ0n) is 13.0. The molecule has 0 aromatic heterocycles. The van der Waals surface area contributed by atoms with Crippen LogP contribution in [-0.4, -0.2) is 36.6 Å². The summed E-state index contributed by atoms with van der Waals surface area (Å²) in [5.74, 6) is 0. The van der Waals surface area contributed by atoms with E-state index in [1.54, 1.807) is 0 Å². The maximum Gasteiger partial charge on any atom is 0.0402 e. The summed E-state index contributed by atoms with van der Waals surface area (Å²) < 4.78 is 0. The van der Waals surface area contributed by atoms with Crippen LogP contribution in [0.2, 0.25) is 0 Å². The van der Waals surface area contributed by atoms with Crippen LogP contribution in [-0.2, 0) is 6.42 Å². The number of aryl methyl sites for hydroxylation is 1. The fraction of sp³-hybridized carbons (Fsp3) is 0.667. The molecule has 2 unspecified atom stereocenters. The van der Waals surface area contributed by atoms with Crippen LogP contribution in [0.1, 0.15) is 45.1 Å². The largest absolute Gasteiger partial charge is 0.366 e. The molecule has 2 heterocycles. The van der Waals surface area contributed by atoms with Crippen LogP contribution >= 0.6 is 0 Å². The van der Waals surface area contributed by atoms with Crippen molar-refractivity contribution in [3.05, 3.63) is 29.8 Å². The van der Waals surface area contributed by atoms with Crippen molar-refractivity contribution in [2.45, 2.75) is 58.0 Å². The fourth-order valence-corrected chi connectivity index (χ4v) is 3.96. The number of fused-ring (bicyclic) bond motifs is 1. The molecule has 2 atom stereocenters. The predicted octanol–water partition coefficient (Wildman–Crippen LogP) is 3.70. The molecule has 1 aromatic carbocycles. The minimum atomic E-state index is 0.641. The molecule has 2 nitrogen and oxygen atoms in total. The summed E-state index contributed by atoms with van der Waals surface area (Å²) in [6.45, 7) is 8.46. The van der Waals surface area contributed by atoms with Crippen molar-refractivity contribution in [1.82, 2.24) is 4.90 Å². The molecule has 0 N–H and O–H groups in total. The standard InChI is InChI=1S/C18H28N2/c1-3-8-16-9-4-5-11-18(16)20-14-17-10-6-7-12-19(17)13-15(20)2/h4-5,9,11,15,17H,3,6-8,10,12-14H2,1-2H3. The first-order valence-electron chi connectivity index (χ1n) is 8.38. The highest BCUT2D eigenvalue weighted by molar-refractivity contribution is 5.55. The first-order valence-corrected chi connectivity index (χ1v) is 8.38. The van der Waals surface area contributed by atoms with Gasteiger partial charge in [0.1, 0.15) is 0 Å². The van der Waals surface area contributed by atoms with Crippen molar-refractivity contribution < 1.29 is 0 Å². The summed E-state index contributed by atoms with van der Waals surface area (Å²) in [6, 6.07) is 10.5. The normalized spacial score (nSPS) is 27.4. The van der Waals surface area contributed by atoms with Crippen molar-refractivity contribution in [3.63, 3.8) is 0 Å². The summed E-state index contributed by atoms with van der Waals surface area (Å²) in [6.07, 6.45) is 6.64. The van der Waals surface area contributed by atoms with Gasteiger partial charge in [0.2, 0.25) is 0 Å². The first kappa shape index (κ1) is 13.9. The number of benzene rings is 1. The predicted molar refractivity (Wildman–Crippen MR) is 86.5 cm³/mol. The molecule has 0 aliphatic carbocycles. The maximum atomic E-state index is 2.73. The van der Waals surface area contributed by atoms with Gasteiger partial charge in [-0.2, -0.15) is 0 Å². The summed E-state index contributed by atoms with van der Waals surface area (Å²) in [5.41, 5.74) is 3.03. The third-order valence-corrected chi connectivity index (χ3v) is 5.01. The molecular formula is C18H28N2. The summed E-state index contributed by atoms with van der Waals surface area (Å²) in [7, 11) is 0. The van der Waals surface area contributed by atoms with E-state index >= 15 is 0 Å². The van der Waals surface area contributed by atoms with Crippen molar-refractivity contribution in [2.24, 2.45) is 0 Å². The molecule has 0 spiro atoms. The highest BCUT2D eigenvalue weighted by atomic mass is 15.3. The lowest BCUT2D eigenvalue weighted by Crippen LogP contribution is -2.59. The molecule has 2 aliphatic heterocycles. The summed E-state index contributed by atoms with van der Waals surface area (Å²) >= 11 is 0. The number of piperidine rings is 1. The van der Waals surface area contributed by atoms with E-state index in [0.717, 1.165) is 6.04 Å². The van der Waals surface area contributed by atoms with Gasteiger partial charge in [-0.3, -0.25) is 4.90 Å². The molecular weight excluding hydrogens is 244 g/mol. The topological polar surface area (TPSA) is 6.48 Å². The van der Waals surface area contributed by atoms with Gasteiger partial charge in [0.25, 0.3) is 0 Å². The Labute approximate surface area is 123 Å². The van der Waals surface area contributed by atoms with Crippen LogP contribution in [0.3, 0.4) is 0 Å². The van der Waals surface area contributed by atoms with Crippen LogP contribution < -0.4 is 4.90 Å². The lowest BCUT2D eigenvalue weighted by atomic mass is 9.95. The van der Waals surface area contributed by atoms with E-state index in [0.29, 0.717) is 6.04 Å². The highest BCUT2D eigenvalue weighted by Crippen LogP contribution is 2.30. The second kappa shape index (κ2) is 6.17. The Balaban J connectivity index is 1.82. The van der Waals surface area contributed by atoms with Gasteiger partial charge in [-0.15, -0.1) is 0 Å². The molecule has 0 saturated carbocycles. The van der Waals surface area contributed by atoms with Crippen LogP contribution in [0.25, 0.3) is 0 Å². The number of nitrogens with zero attached hydrogens (tertiary/aromatic N) is 2. The molecule has 0 bridgehead atoms. The van der Waals surface area contributed by atoms with E-state index in [4.69, 9.17) is 0 Å². The van der Waals surface area contributed by atoms with Crippen LogP contribution in [0.4, 0.5) is 5.69 Å². The number of hydrogen-bond donors (Lipinski definition) is 0. The van der Waals surface area contributed by atoms with E-state index in [1.807, 2.05) is 0 Å². The SMILES string of the molecule is CCCc1ccccc1N1CC2CCCCN2CC1C. The van der Waals surface area contributed by atoms with Gasteiger partial charge in [-0.25, -0.2) is 0 Å². The average molecular weight is 272 g/mol. The van der Waals surface area contributed by atoms with Gasteiger partial charge in [-0.05, 0) is 44.4 Å². The number of hydrogen-bond acceptors (Lipinski definition) is 2. The molecule has 20 heavy (non-hydrogen) atoms. The van der Waals surface area contributed by atoms with Gasteiger partial charge >= 0.3 is 0 Å². The van der Waals surface area contributed by atoms with Crippen LogP contribution in [0.15, 0.2) is 24.3 Å². The van der Waals surface area contributed by atoms with Gasteiger partial charge in [0.05, 0.1) is 0 Å². The molecule has 0 radical (unpaired) electrons. The lowest BCUT2D eigenvalue weighted by Gasteiger charge is -2.49. The summed E-state index contributed by atoms with van der Waals surface area (Å²) in [4.78, 5) is 5.41. The van der Waals surface area contributed by atoms with Gasteiger partial charge in [0.15, 0.2) is 0 Å². The van der Waals surface area contributed by atoms with Crippen molar-refractivity contribution >= 4 is 5.69 Å². The zero-order valence-corrected chi connectivity index (χ0v) is 13.0. The van der Waals surface area contributed by atoms with E-state index in [-0.39, 0.29) is 0 Å². The lowest BCUT2D eigenvalue weighted by molar-refractivity contribution is 0.115. The monoisotopic (exact) mass is 272 g/mol. The number of piperazine rings is 1. The number of para-hydroxylation sites is 1. The number of anilines is 1. The minimum Gasteiger partial charge on any atom is -0.366 e. The smallest absolute Gasteiger partial charge is 0.0402 e. The maximum absolute atomic E-state index is 2.73. The summed E-state index contributed by atoms with van der Waals surface area (Å²) in [5, 5.41) is 0. The van der Waals surface area contributed by atoms with Crippen LogP contribution in [0, 0.1) is 0 Å². The molecule has 2 aliphatic rings. The van der Waals surface area contributed by atoms with E-state index in [9.17, 15) is 0 Å². The average Bonchev–Trinajstić information content (AvgIpc) is 2.48. The molecule has 110 valence electrons. The van der Waals surface area contributed by atoms with Crippen molar-refractivity contribution in [2.75, 3.05) is 24.5 Å². The Morgan fingerprint density at radius 3 is 2.85 bits per heavy atom. The van der Waals surface area contributed by atoms with E-state index < -0.39 is 0 Å². The quantitative estimate of drug-likeness (QED) is 0.828. The molecule has 1 aromatic rings. The molecule has 2 saturated heterocycles. The Kier molecular flexibility index (Phi) is 4.30. The van der Waals surface area contributed by atoms with E-state index in [2.05, 4.69) is 47.9 Å². The highest BCUT2D eigenvalue weighted by Gasteiger charge is 2.33. The third-order valence-electron chi connectivity index (χ3n) is 5.01. The fourth-order valence-electron chi connectivity index (χ4n) is 3.96. The first-order chi connectivity index (χ1) is 9.79. The van der Waals surface area contributed by atoms with Gasteiger partial charge in [0, 0.05) is 30.9 Å². The Hall–Kier alpha value is -1.02. The van der Waals surface area contributed by atoms with E-state index in [1.165, 1.54) is 63.0 Å². The van der Waals surface area contributed by atoms with Gasteiger partial charge in [-0.1, -0.05) is 38.0 Å². The molecule has 2 heteroatoms.